The number of fused-ring (bicyclic) bond motifs is 1. The topological polar surface area (TPSA) is 49.0 Å². The lowest BCUT2D eigenvalue weighted by molar-refractivity contribution is -0.126. The van der Waals surface area contributed by atoms with Crippen molar-refractivity contribution in [3.63, 3.8) is 0 Å². The van der Waals surface area contributed by atoms with Crippen LogP contribution in [0.2, 0.25) is 5.02 Å². The minimum Gasteiger partial charge on any atom is -0.334 e. The highest BCUT2D eigenvalue weighted by molar-refractivity contribution is 6.30. The first kappa shape index (κ1) is 20.4. The van der Waals surface area contributed by atoms with Gasteiger partial charge in [0.05, 0.1) is 5.69 Å². The summed E-state index contributed by atoms with van der Waals surface area (Å²) in [4.78, 5) is 14.7. The molecule has 0 atom stereocenters. The highest BCUT2D eigenvalue weighted by atomic mass is 35.5. The zero-order chi connectivity index (χ0) is 21.3. The van der Waals surface area contributed by atoms with E-state index in [0.29, 0.717) is 18.1 Å². The van der Waals surface area contributed by atoms with Crippen molar-refractivity contribution in [3.8, 4) is 11.3 Å². The molecule has 1 N–H and O–H groups in total. The normalized spacial score (nSPS) is 14.2. The summed E-state index contributed by atoms with van der Waals surface area (Å²) < 4.78 is 0. The summed E-state index contributed by atoms with van der Waals surface area (Å²) in [7, 11) is 0. The number of aromatic amines is 1. The second-order valence-corrected chi connectivity index (χ2v) is 9.19. The average molecular weight is 420 g/mol. The van der Waals surface area contributed by atoms with Crippen molar-refractivity contribution in [2.45, 2.75) is 39.2 Å². The number of hydrogen-bond acceptors (Lipinski definition) is 2. The molecule has 0 saturated carbocycles. The molecule has 5 heteroatoms. The van der Waals surface area contributed by atoms with E-state index in [1.165, 1.54) is 5.56 Å². The number of halogens is 1. The first-order valence-electron chi connectivity index (χ1n) is 10.2. The summed E-state index contributed by atoms with van der Waals surface area (Å²) in [5.74, 6) is 0.0128. The smallest absolute Gasteiger partial charge is 0.246 e. The fourth-order valence-electron chi connectivity index (χ4n) is 3.72. The zero-order valence-corrected chi connectivity index (χ0v) is 18.3. The van der Waals surface area contributed by atoms with Gasteiger partial charge in [-0.15, -0.1) is 0 Å². The zero-order valence-electron chi connectivity index (χ0n) is 17.6. The fourth-order valence-corrected chi connectivity index (χ4v) is 3.92. The van der Waals surface area contributed by atoms with Gasteiger partial charge < -0.3 is 4.90 Å². The van der Waals surface area contributed by atoms with E-state index in [9.17, 15) is 4.79 Å². The van der Waals surface area contributed by atoms with Gasteiger partial charge in [0.1, 0.15) is 0 Å². The first-order chi connectivity index (χ1) is 14.3. The van der Waals surface area contributed by atoms with Gasteiger partial charge in [-0.05, 0) is 34.8 Å². The van der Waals surface area contributed by atoms with Crippen LogP contribution < -0.4 is 0 Å². The van der Waals surface area contributed by atoms with Gasteiger partial charge in [0.25, 0.3) is 0 Å². The van der Waals surface area contributed by atoms with Crippen molar-refractivity contribution in [3.05, 3.63) is 82.0 Å². The van der Waals surface area contributed by atoms with E-state index in [1.807, 2.05) is 35.2 Å². The van der Waals surface area contributed by atoms with Crippen LogP contribution in [-0.2, 0) is 23.2 Å². The lowest BCUT2D eigenvalue weighted by atomic mass is 9.87. The molecule has 0 fully saturated rings. The summed E-state index contributed by atoms with van der Waals surface area (Å²) in [6, 6.07) is 16.0. The van der Waals surface area contributed by atoms with Gasteiger partial charge in [-0.3, -0.25) is 9.89 Å². The minimum atomic E-state index is 0.0128. The van der Waals surface area contributed by atoms with Gasteiger partial charge in [-0.2, -0.15) is 5.10 Å². The van der Waals surface area contributed by atoms with Crippen LogP contribution >= 0.6 is 11.6 Å². The molecule has 0 radical (unpaired) electrons. The molecule has 1 amide bonds. The third-order valence-electron chi connectivity index (χ3n) is 5.54. The molecule has 2 aromatic carbocycles. The van der Waals surface area contributed by atoms with Gasteiger partial charge in [0.15, 0.2) is 0 Å². The van der Waals surface area contributed by atoms with Crippen LogP contribution in [0.5, 0.6) is 0 Å². The van der Waals surface area contributed by atoms with Gasteiger partial charge in [0, 0.05) is 47.4 Å². The van der Waals surface area contributed by atoms with Crippen molar-refractivity contribution >= 4 is 23.6 Å². The van der Waals surface area contributed by atoms with Crippen LogP contribution in [0.15, 0.2) is 54.6 Å². The molecule has 2 heterocycles. The molecule has 154 valence electrons. The quantitative estimate of drug-likeness (QED) is 0.559. The lowest BCUT2D eigenvalue weighted by Crippen LogP contribution is -2.34. The van der Waals surface area contributed by atoms with E-state index in [4.69, 9.17) is 11.6 Å². The van der Waals surface area contributed by atoms with Crippen LogP contribution in [0.25, 0.3) is 17.3 Å². The fraction of sp³-hybridized carbons (Fsp3) is 0.280. The maximum atomic E-state index is 12.8. The molecular formula is C25H26ClN3O. The molecule has 0 saturated heterocycles. The number of aromatic nitrogens is 2. The molecule has 0 spiro atoms. The standard InChI is InChI=1S/C25H26ClN3O/c1-25(2,3)19-10-7-17(8-11-19)9-12-23(30)29-14-13-22-21(16-29)24(28-27-22)18-5-4-6-20(26)15-18/h4-12,15H,13-14,16H2,1-3H3,(H,27,28)/b12-9+. The second kappa shape index (κ2) is 8.11. The second-order valence-electron chi connectivity index (χ2n) is 8.75. The van der Waals surface area contributed by atoms with E-state index in [1.54, 1.807) is 6.08 Å². The largest absolute Gasteiger partial charge is 0.334 e. The Balaban J connectivity index is 1.49. The highest BCUT2D eigenvalue weighted by Crippen LogP contribution is 2.30. The molecule has 4 nitrogen and oxygen atoms in total. The van der Waals surface area contributed by atoms with Crippen molar-refractivity contribution in [2.75, 3.05) is 6.54 Å². The van der Waals surface area contributed by atoms with Crippen molar-refractivity contribution in [1.82, 2.24) is 15.1 Å². The van der Waals surface area contributed by atoms with Gasteiger partial charge >= 0.3 is 0 Å². The van der Waals surface area contributed by atoms with E-state index >= 15 is 0 Å². The number of rotatable bonds is 3. The SMILES string of the molecule is CC(C)(C)c1ccc(/C=C/C(=O)N2CCc3[nH]nc(-c4cccc(Cl)c4)c3C2)cc1. The Morgan fingerprint density at radius 2 is 1.93 bits per heavy atom. The molecule has 1 aromatic heterocycles. The van der Waals surface area contributed by atoms with Gasteiger partial charge in [0.2, 0.25) is 5.91 Å². The Bertz CT molecular complexity index is 1090. The lowest BCUT2D eigenvalue weighted by Gasteiger charge is -2.26. The number of carbonyl (C=O) groups excluding carboxylic acids is 1. The minimum absolute atomic E-state index is 0.0128. The number of carbonyl (C=O) groups is 1. The Hall–Kier alpha value is -2.85. The summed E-state index contributed by atoms with van der Waals surface area (Å²) in [6.45, 7) is 7.80. The summed E-state index contributed by atoms with van der Waals surface area (Å²) in [6.07, 6.45) is 4.32. The predicted octanol–water partition coefficient (Wildman–Crippen LogP) is 5.63. The van der Waals surface area contributed by atoms with Crippen molar-refractivity contribution in [2.24, 2.45) is 0 Å². The van der Waals surface area contributed by atoms with E-state index < -0.39 is 0 Å². The molecule has 0 unspecified atom stereocenters. The average Bonchev–Trinajstić information content (AvgIpc) is 3.15. The van der Waals surface area contributed by atoms with Crippen LogP contribution in [0, 0.1) is 0 Å². The Kier molecular flexibility index (Phi) is 5.52. The maximum absolute atomic E-state index is 12.8. The van der Waals surface area contributed by atoms with Crippen LogP contribution in [-0.4, -0.2) is 27.5 Å². The number of hydrogen-bond donors (Lipinski definition) is 1. The molecule has 1 aliphatic rings. The van der Waals surface area contributed by atoms with Gasteiger partial charge in [-0.1, -0.05) is 68.8 Å². The number of nitrogens with one attached hydrogen (secondary N) is 1. The van der Waals surface area contributed by atoms with Crippen LogP contribution in [0.1, 0.15) is 43.2 Å². The number of amides is 1. The van der Waals surface area contributed by atoms with E-state index in [-0.39, 0.29) is 11.3 Å². The molecule has 3 aromatic rings. The first-order valence-corrected chi connectivity index (χ1v) is 10.6. The van der Waals surface area contributed by atoms with Crippen molar-refractivity contribution in [1.29, 1.82) is 0 Å². The Morgan fingerprint density at radius 1 is 1.17 bits per heavy atom. The third-order valence-corrected chi connectivity index (χ3v) is 5.77. The molecule has 0 bridgehead atoms. The van der Waals surface area contributed by atoms with Gasteiger partial charge in [-0.25, -0.2) is 0 Å². The van der Waals surface area contributed by atoms with Crippen molar-refractivity contribution < 1.29 is 4.79 Å². The Labute approximate surface area is 182 Å². The molecule has 30 heavy (non-hydrogen) atoms. The number of benzene rings is 2. The summed E-state index contributed by atoms with van der Waals surface area (Å²) in [5, 5.41) is 8.29. The molecular weight excluding hydrogens is 394 g/mol. The number of H-pyrrole nitrogens is 1. The molecule has 4 rings (SSSR count). The monoisotopic (exact) mass is 419 g/mol. The van der Waals surface area contributed by atoms with E-state index in [2.05, 4.69) is 55.2 Å². The molecule has 0 aliphatic carbocycles. The highest BCUT2D eigenvalue weighted by Gasteiger charge is 2.24. The van der Waals surface area contributed by atoms with E-state index in [0.717, 1.165) is 34.5 Å². The number of nitrogens with zero attached hydrogens (tertiary/aromatic N) is 2. The maximum Gasteiger partial charge on any atom is 0.246 e. The summed E-state index contributed by atoms with van der Waals surface area (Å²) in [5.41, 5.74) is 6.42. The van der Waals surface area contributed by atoms with Crippen LogP contribution in [0.4, 0.5) is 0 Å². The summed E-state index contributed by atoms with van der Waals surface area (Å²) >= 11 is 6.15. The van der Waals surface area contributed by atoms with Crippen LogP contribution in [0.3, 0.4) is 0 Å². The molecule has 1 aliphatic heterocycles. The Morgan fingerprint density at radius 3 is 2.63 bits per heavy atom. The third kappa shape index (κ3) is 4.34. The predicted molar refractivity (Wildman–Crippen MR) is 122 cm³/mol.